The second kappa shape index (κ2) is 8.67. The summed E-state index contributed by atoms with van der Waals surface area (Å²) in [6, 6.07) is 5.23. The van der Waals surface area contributed by atoms with Gasteiger partial charge < -0.3 is 14.7 Å². The standard InChI is InChI=1S/C16H14ClF3N4O3/c1-9(17)8-26-21-7-10(2)22-14(25)12-5-3-11(4-6-12)13-23-15(27-24-13)16(18,19)20/h3-7,10H,1,8H2,2H3,(H,22,25)/b21-7-. The number of oxime groups is 1. The summed E-state index contributed by atoms with van der Waals surface area (Å²) in [6.45, 7) is 5.15. The van der Waals surface area contributed by atoms with E-state index in [2.05, 4.69) is 31.7 Å². The molecule has 0 saturated heterocycles. The molecule has 27 heavy (non-hydrogen) atoms. The molecule has 0 spiro atoms. The van der Waals surface area contributed by atoms with Gasteiger partial charge in [-0.3, -0.25) is 4.79 Å². The zero-order chi connectivity index (χ0) is 20.0. The van der Waals surface area contributed by atoms with E-state index < -0.39 is 24.0 Å². The smallest absolute Gasteiger partial charge is 0.390 e. The monoisotopic (exact) mass is 402 g/mol. The van der Waals surface area contributed by atoms with Gasteiger partial charge in [0.15, 0.2) is 6.61 Å². The zero-order valence-corrected chi connectivity index (χ0v) is 14.7. The van der Waals surface area contributed by atoms with Gasteiger partial charge in [0.25, 0.3) is 5.91 Å². The Hall–Kier alpha value is -2.88. The van der Waals surface area contributed by atoms with Crippen molar-refractivity contribution < 1.29 is 27.3 Å². The molecule has 2 rings (SSSR count). The van der Waals surface area contributed by atoms with Crippen molar-refractivity contribution in [1.29, 1.82) is 0 Å². The van der Waals surface area contributed by atoms with Crippen LogP contribution >= 0.6 is 11.6 Å². The maximum atomic E-state index is 12.5. The molecular formula is C16H14ClF3N4O3. The Morgan fingerprint density at radius 2 is 2.11 bits per heavy atom. The number of hydrogen-bond acceptors (Lipinski definition) is 6. The van der Waals surface area contributed by atoms with Crippen molar-refractivity contribution in [3.05, 3.63) is 47.3 Å². The van der Waals surface area contributed by atoms with E-state index in [1.807, 2.05) is 0 Å². The van der Waals surface area contributed by atoms with Crippen LogP contribution in [0.5, 0.6) is 0 Å². The lowest BCUT2D eigenvalue weighted by molar-refractivity contribution is -0.159. The quantitative estimate of drug-likeness (QED) is 0.564. The number of nitrogens with one attached hydrogen (secondary N) is 1. The number of hydrogen-bond donors (Lipinski definition) is 1. The van der Waals surface area contributed by atoms with Gasteiger partial charge in [0.2, 0.25) is 5.82 Å². The minimum Gasteiger partial charge on any atom is -0.390 e. The summed E-state index contributed by atoms with van der Waals surface area (Å²) in [5.74, 6) is -2.08. The molecule has 7 nitrogen and oxygen atoms in total. The van der Waals surface area contributed by atoms with Crippen molar-refractivity contribution in [3.8, 4) is 11.4 Å². The van der Waals surface area contributed by atoms with E-state index in [9.17, 15) is 18.0 Å². The van der Waals surface area contributed by atoms with Crippen molar-refractivity contribution in [2.45, 2.75) is 19.1 Å². The average Bonchev–Trinajstić information content (AvgIpc) is 3.09. The molecule has 0 aliphatic carbocycles. The van der Waals surface area contributed by atoms with E-state index in [0.717, 1.165) is 0 Å². The fraction of sp³-hybridized carbons (Fsp3) is 0.250. The summed E-state index contributed by atoms with van der Waals surface area (Å²) >= 11 is 5.50. The Morgan fingerprint density at radius 1 is 1.44 bits per heavy atom. The predicted octanol–water partition coefficient (Wildman–Crippen LogP) is 3.63. The first kappa shape index (κ1) is 20.4. The summed E-state index contributed by atoms with van der Waals surface area (Å²) in [7, 11) is 0. The van der Waals surface area contributed by atoms with Crippen LogP contribution in [0.4, 0.5) is 13.2 Å². The molecule has 0 aliphatic heterocycles. The highest BCUT2D eigenvalue weighted by Gasteiger charge is 2.38. The lowest BCUT2D eigenvalue weighted by Gasteiger charge is -2.09. The number of nitrogens with zero attached hydrogens (tertiary/aromatic N) is 3. The highest BCUT2D eigenvalue weighted by atomic mass is 35.5. The van der Waals surface area contributed by atoms with Crippen LogP contribution in [0, 0.1) is 0 Å². The van der Waals surface area contributed by atoms with Gasteiger partial charge in [0.05, 0.1) is 17.3 Å². The van der Waals surface area contributed by atoms with Gasteiger partial charge in [-0.25, -0.2) is 0 Å². The number of carbonyl (C=O) groups is 1. The molecule has 1 aromatic carbocycles. The maximum Gasteiger partial charge on any atom is 0.471 e. The molecule has 0 fully saturated rings. The second-order valence-electron chi connectivity index (χ2n) is 5.31. The Kier molecular flexibility index (Phi) is 6.56. The van der Waals surface area contributed by atoms with E-state index in [4.69, 9.17) is 16.4 Å². The summed E-state index contributed by atoms with van der Waals surface area (Å²) in [5, 5.41) is 9.84. The predicted molar refractivity (Wildman–Crippen MR) is 91.1 cm³/mol. The molecule has 0 bridgehead atoms. The minimum atomic E-state index is -4.72. The van der Waals surface area contributed by atoms with E-state index in [0.29, 0.717) is 0 Å². The van der Waals surface area contributed by atoms with Crippen LogP contribution in [0.1, 0.15) is 23.2 Å². The van der Waals surface area contributed by atoms with E-state index in [1.54, 1.807) is 6.92 Å². The van der Waals surface area contributed by atoms with Crippen LogP contribution in [-0.4, -0.2) is 34.9 Å². The molecule has 0 radical (unpaired) electrons. The summed E-state index contributed by atoms with van der Waals surface area (Å²) in [4.78, 5) is 20.2. The molecule has 1 heterocycles. The molecule has 1 amide bonds. The first-order valence-electron chi connectivity index (χ1n) is 7.47. The van der Waals surface area contributed by atoms with Crippen LogP contribution < -0.4 is 5.32 Å². The van der Waals surface area contributed by atoms with Crippen molar-refractivity contribution in [2.75, 3.05) is 6.61 Å². The van der Waals surface area contributed by atoms with Crippen LogP contribution in [-0.2, 0) is 11.0 Å². The van der Waals surface area contributed by atoms with Gasteiger partial charge in [-0.1, -0.05) is 40.6 Å². The van der Waals surface area contributed by atoms with Crippen LogP contribution in [0.25, 0.3) is 11.4 Å². The Bertz CT molecular complexity index is 834. The molecule has 1 unspecified atom stereocenters. The van der Waals surface area contributed by atoms with Gasteiger partial charge in [-0.05, 0) is 19.1 Å². The van der Waals surface area contributed by atoms with Crippen molar-refractivity contribution in [2.24, 2.45) is 5.16 Å². The highest BCUT2D eigenvalue weighted by Crippen LogP contribution is 2.29. The van der Waals surface area contributed by atoms with Crippen LogP contribution in [0.2, 0.25) is 0 Å². The lowest BCUT2D eigenvalue weighted by Crippen LogP contribution is -2.33. The summed E-state index contributed by atoms with van der Waals surface area (Å²) < 4.78 is 41.6. The number of aromatic nitrogens is 2. The normalized spacial score (nSPS) is 12.8. The molecule has 1 N–H and O–H groups in total. The van der Waals surface area contributed by atoms with Crippen LogP contribution in [0.15, 0.2) is 45.6 Å². The maximum absolute atomic E-state index is 12.5. The fourth-order valence-electron chi connectivity index (χ4n) is 1.80. The third kappa shape index (κ3) is 6.10. The van der Waals surface area contributed by atoms with Crippen LogP contribution in [0.3, 0.4) is 0 Å². The number of halogens is 4. The van der Waals surface area contributed by atoms with Crippen molar-refractivity contribution >= 4 is 23.7 Å². The zero-order valence-electron chi connectivity index (χ0n) is 14.0. The third-order valence-electron chi connectivity index (χ3n) is 3.01. The van der Waals surface area contributed by atoms with Gasteiger partial charge >= 0.3 is 12.1 Å². The highest BCUT2D eigenvalue weighted by molar-refractivity contribution is 6.29. The molecule has 144 valence electrons. The van der Waals surface area contributed by atoms with Crippen molar-refractivity contribution in [1.82, 2.24) is 15.5 Å². The van der Waals surface area contributed by atoms with Gasteiger partial charge in [0.1, 0.15) is 0 Å². The first-order valence-corrected chi connectivity index (χ1v) is 7.85. The van der Waals surface area contributed by atoms with Gasteiger partial charge in [-0.15, -0.1) is 0 Å². The number of carbonyl (C=O) groups excluding carboxylic acids is 1. The SMILES string of the molecule is C=C(Cl)CO/N=C\C(C)NC(=O)c1ccc(-c2noc(C(F)(F)F)n2)cc1. The Morgan fingerprint density at radius 3 is 2.67 bits per heavy atom. The first-order chi connectivity index (χ1) is 12.7. The molecule has 2 aromatic rings. The van der Waals surface area contributed by atoms with Gasteiger partial charge in [0, 0.05) is 11.1 Å². The summed E-state index contributed by atoms with van der Waals surface area (Å²) in [6.07, 6.45) is -3.35. The number of alkyl halides is 3. The average molecular weight is 403 g/mol. The molecule has 11 heteroatoms. The third-order valence-corrected chi connectivity index (χ3v) is 3.12. The number of rotatable bonds is 7. The minimum absolute atomic E-state index is 0.0479. The Labute approximate surface area is 156 Å². The van der Waals surface area contributed by atoms with Crippen molar-refractivity contribution in [3.63, 3.8) is 0 Å². The van der Waals surface area contributed by atoms with Gasteiger partial charge in [-0.2, -0.15) is 18.2 Å². The number of amides is 1. The summed E-state index contributed by atoms with van der Waals surface area (Å²) in [5.41, 5.74) is 0.559. The molecule has 1 atom stereocenters. The van der Waals surface area contributed by atoms with E-state index >= 15 is 0 Å². The topological polar surface area (TPSA) is 89.6 Å². The Balaban J connectivity index is 1.97. The molecule has 0 saturated carbocycles. The molecule has 0 aliphatic rings. The second-order valence-corrected chi connectivity index (χ2v) is 5.84. The molecule has 1 aromatic heterocycles. The fourth-order valence-corrected chi connectivity index (χ4v) is 1.84. The van der Waals surface area contributed by atoms with E-state index in [1.165, 1.54) is 30.5 Å². The number of benzene rings is 1. The largest absolute Gasteiger partial charge is 0.471 e. The molecular weight excluding hydrogens is 389 g/mol. The lowest BCUT2D eigenvalue weighted by atomic mass is 10.1. The van der Waals surface area contributed by atoms with E-state index in [-0.39, 0.29) is 28.6 Å².